The van der Waals surface area contributed by atoms with E-state index in [0.29, 0.717) is 61.8 Å². The van der Waals surface area contributed by atoms with Gasteiger partial charge < -0.3 is 23.8 Å². The molecule has 2 aliphatic heterocycles. The number of amides is 1. The third-order valence-corrected chi connectivity index (χ3v) is 5.83. The Hall–Kier alpha value is -3.62. The van der Waals surface area contributed by atoms with Crippen LogP contribution in [0.1, 0.15) is 28.8 Å². The fourth-order valence-corrected chi connectivity index (χ4v) is 4.05. The van der Waals surface area contributed by atoms with Crippen molar-refractivity contribution in [2.24, 2.45) is 5.92 Å². The molecule has 2 aromatic carbocycles. The molecule has 34 heavy (non-hydrogen) atoms. The van der Waals surface area contributed by atoms with Crippen LogP contribution in [-0.4, -0.2) is 56.6 Å². The molecular formula is C25H25F2NO6. The number of nitrogens with zero attached hydrogens (tertiary/aromatic N) is 1. The van der Waals surface area contributed by atoms with Gasteiger partial charge in [0.15, 0.2) is 28.8 Å². The summed E-state index contributed by atoms with van der Waals surface area (Å²) >= 11 is 0. The number of methoxy groups -OCH3 is 1. The molecule has 2 aliphatic rings. The van der Waals surface area contributed by atoms with Crippen LogP contribution in [0.4, 0.5) is 8.78 Å². The van der Waals surface area contributed by atoms with Crippen LogP contribution in [-0.2, 0) is 4.79 Å². The Labute approximate surface area is 195 Å². The largest absolute Gasteiger partial charge is 0.493 e. The van der Waals surface area contributed by atoms with Crippen LogP contribution in [0.25, 0.3) is 6.08 Å². The molecule has 1 saturated heterocycles. The highest BCUT2D eigenvalue weighted by atomic mass is 19.3. The molecule has 4 rings (SSSR count). The number of alkyl halides is 2. The number of carbonyl (C=O) groups excluding carboxylic acids is 2. The number of halogens is 2. The average molecular weight is 473 g/mol. The smallest absolute Gasteiger partial charge is 0.387 e. The Kier molecular flexibility index (Phi) is 7.30. The first kappa shape index (κ1) is 23.5. The van der Waals surface area contributed by atoms with Crippen LogP contribution >= 0.6 is 0 Å². The van der Waals surface area contributed by atoms with Crippen molar-refractivity contribution in [2.75, 3.05) is 33.4 Å². The van der Waals surface area contributed by atoms with Crippen LogP contribution in [0.5, 0.6) is 23.0 Å². The van der Waals surface area contributed by atoms with Crippen LogP contribution in [0.2, 0.25) is 0 Å². The first-order chi connectivity index (χ1) is 16.4. The van der Waals surface area contributed by atoms with Crippen molar-refractivity contribution < 1.29 is 37.3 Å². The Morgan fingerprint density at radius 2 is 1.76 bits per heavy atom. The van der Waals surface area contributed by atoms with Crippen LogP contribution < -0.4 is 18.9 Å². The van der Waals surface area contributed by atoms with E-state index >= 15 is 0 Å². The van der Waals surface area contributed by atoms with Crippen LogP contribution in [0.15, 0.2) is 42.5 Å². The van der Waals surface area contributed by atoms with Gasteiger partial charge in [-0.1, -0.05) is 6.07 Å². The lowest BCUT2D eigenvalue weighted by molar-refractivity contribution is -0.127. The van der Waals surface area contributed by atoms with Gasteiger partial charge in [0.25, 0.3) is 0 Å². The van der Waals surface area contributed by atoms with Gasteiger partial charge in [0.2, 0.25) is 5.91 Å². The molecule has 0 radical (unpaired) electrons. The van der Waals surface area contributed by atoms with Gasteiger partial charge in [-0.15, -0.1) is 0 Å². The third kappa shape index (κ3) is 5.47. The van der Waals surface area contributed by atoms with Crippen LogP contribution in [0, 0.1) is 5.92 Å². The third-order valence-electron chi connectivity index (χ3n) is 5.83. The molecule has 2 aromatic rings. The molecular weight excluding hydrogens is 448 g/mol. The summed E-state index contributed by atoms with van der Waals surface area (Å²) in [6.45, 7) is -1.07. The zero-order valence-corrected chi connectivity index (χ0v) is 18.7. The Bertz CT molecular complexity index is 1080. The van der Waals surface area contributed by atoms with E-state index in [0.717, 1.165) is 0 Å². The summed E-state index contributed by atoms with van der Waals surface area (Å²) in [5, 5.41) is 0. The summed E-state index contributed by atoms with van der Waals surface area (Å²) in [7, 11) is 1.35. The van der Waals surface area contributed by atoms with Gasteiger partial charge in [0, 0.05) is 30.6 Å². The first-order valence-electron chi connectivity index (χ1n) is 11.0. The summed E-state index contributed by atoms with van der Waals surface area (Å²) < 4.78 is 45.5. The van der Waals surface area contributed by atoms with Crippen molar-refractivity contribution in [3.8, 4) is 23.0 Å². The molecule has 0 saturated carbocycles. The summed E-state index contributed by atoms with van der Waals surface area (Å²) in [6.07, 6.45) is 4.15. The zero-order valence-electron chi connectivity index (χ0n) is 18.7. The number of ketones is 1. The predicted octanol–water partition coefficient (Wildman–Crippen LogP) is 4.20. The van der Waals surface area contributed by atoms with E-state index < -0.39 is 6.61 Å². The van der Waals surface area contributed by atoms with E-state index in [1.165, 1.54) is 25.3 Å². The standard InChI is InChI=1S/C25H25F2NO6/c1-31-21-14-16(2-5-20(21)34-25(26)27)3-7-23(29)28-10-8-17(9-11-28)24(30)18-4-6-19-22(15-18)33-13-12-32-19/h2-7,14-15,17,25H,8-13H2,1H3. The van der Waals surface area contributed by atoms with Crippen LogP contribution in [0.3, 0.4) is 0 Å². The van der Waals surface area contributed by atoms with Gasteiger partial charge in [-0.2, -0.15) is 8.78 Å². The highest BCUT2D eigenvalue weighted by Crippen LogP contribution is 2.33. The van der Waals surface area contributed by atoms with E-state index in [1.54, 1.807) is 35.2 Å². The monoisotopic (exact) mass is 473 g/mol. The molecule has 0 aliphatic carbocycles. The molecule has 2 heterocycles. The van der Waals surface area contributed by atoms with Gasteiger partial charge >= 0.3 is 6.61 Å². The minimum Gasteiger partial charge on any atom is -0.493 e. The maximum Gasteiger partial charge on any atom is 0.387 e. The number of rotatable bonds is 7. The molecule has 0 N–H and O–H groups in total. The molecule has 0 unspecified atom stereocenters. The van der Waals surface area contributed by atoms with Gasteiger partial charge in [-0.25, -0.2) is 0 Å². The molecule has 1 amide bonds. The summed E-state index contributed by atoms with van der Waals surface area (Å²) in [4.78, 5) is 27.2. The number of likely N-dealkylation sites (tertiary alicyclic amines) is 1. The molecule has 1 fully saturated rings. The summed E-state index contributed by atoms with van der Waals surface area (Å²) in [5.41, 5.74) is 1.19. The Morgan fingerprint density at radius 3 is 2.47 bits per heavy atom. The fourth-order valence-electron chi connectivity index (χ4n) is 4.05. The average Bonchev–Trinajstić information content (AvgIpc) is 2.87. The molecule has 0 aromatic heterocycles. The first-order valence-corrected chi connectivity index (χ1v) is 11.0. The molecule has 9 heteroatoms. The summed E-state index contributed by atoms with van der Waals surface area (Å²) in [5.74, 6) is 0.986. The molecule has 0 atom stereocenters. The second-order valence-corrected chi connectivity index (χ2v) is 7.94. The molecule has 180 valence electrons. The van der Waals surface area contributed by atoms with Crippen molar-refractivity contribution in [2.45, 2.75) is 19.5 Å². The number of benzene rings is 2. The van der Waals surface area contributed by atoms with E-state index in [4.69, 9.17) is 14.2 Å². The van der Waals surface area contributed by atoms with E-state index in [-0.39, 0.29) is 29.1 Å². The molecule has 0 spiro atoms. The lowest BCUT2D eigenvalue weighted by atomic mass is 9.88. The fraction of sp³-hybridized carbons (Fsp3) is 0.360. The highest BCUT2D eigenvalue weighted by Gasteiger charge is 2.28. The highest BCUT2D eigenvalue weighted by molar-refractivity contribution is 5.99. The number of carbonyl (C=O) groups is 2. The maximum absolute atomic E-state index is 12.9. The number of Topliss-reactive ketones (excluding diaryl/α,β-unsaturated/α-hetero) is 1. The summed E-state index contributed by atoms with van der Waals surface area (Å²) in [6, 6.07) is 9.67. The quantitative estimate of drug-likeness (QED) is 0.443. The lowest BCUT2D eigenvalue weighted by Crippen LogP contribution is -2.39. The number of hydrogen-bond acceptors (Lipinski definition) is 6. The van der Waals surface area contributed by atoms with Crippen molar-refractivity contribution >= 4 is 17.8 Å². The van der Waals surface area contributed by atoms with Gasteiger partial charge in [-0.3, -0.25) is 9.59 Å². The van der Waals surface area contributed by atoms with Crippen molar-refractivity contribution in [3.05, 3.63) is 53.6 Å². The Balaban J connectivity index is 1.33. The van der Waals surface area contributed by atoms with Crippen molar-refractivity contribution in [1.82, 2.24) is 4.90 Å². The van der Waals surface area contributed by atoms with Crippen molar-refractivity contribution in [1.29, 1.82) is 0 Å². The molecule has 0 bridgehead atoms. The number of ether oxygens (including phenoxy) is 4. The number of piperidine rings is 1. The van der Waals surface area contributed by atoms with E-state index in [2.05, 4.69) is 4.74 Å². The van der Waals surface area contributed by atoms with Gasteiger partial charge in [0.1, 0.15) is 13.2 Å². The second kappa shape index (κ2) is 10.5. The Morgan fingerprint density at radius 1 is 1.03 bits per heavy atom. The lowest BCUT2D eigenvalue weighted by Gasteiger charge is -2.30. The van der Waals surface area contributed by atoms with Gasteiger partial charge in [-0.05, 0) is 54.8 Å². The van der Waals surface area contributed by atoms with Gasteiger partial charge in [0.05, 0.1) is 7.11 Å². The SMILES string of the molecule is COc1cc(C=CC(=O)N2CCC(C(=O)c3ccc4c(c3)OCCO4)CC2)ccc1OC(F)F. The maximum atomic E-state index is 12.9. The second-order valence-electron chi connectivity index (χ2n) is 7.94. The molecule has 7 nitrogen and oxygen atoms in total. The number of fused-ring (bicyclic) bond motifs is 1. The zero-order chi connectivity index (χ0) is 24.1. The topological polar surface area (TPSA) is 74.3 Å². The van der Waals surface area contributed by atoms with E-state index in [1.807, 2.05) is 0 Å². The minimum atomic E-state index is -2.96. The predicted molar refractivity (Wildman–Crippen MR) is 120 cm³/mol. The van der Waals surface area contributed by atoms with Crippen molar-refractivity contribution in [3.63, 3.8) is 0 Å². The number of hydrogen-bond donors (Lipinski definition) is 0. The van der Waals surface area contributed by atoms with E-state index in [9.17, 15) is 18.4 Å². The minimum absolute atomic E-state index is 0.0396. The normalized spacial score (nSPS) is 16.1.